The fourth-order valence-electron chi connectivity index (χ4n) is 2.16. The lowest BCUT2D eigenvalue weighted by molar-refractivity contribution is 0.0997. The van der Waals surface area contributed by atoms with Crippen molar-refractivity contribution in [2.75, 3.05) is 11.6 Å². The molecule has 1 amide bonds. The van der Waals surface area contributed by atoms with Crippen LogP contribution >= 0.6 is 11.8 Å². The number of hydrogen-bond donors (Lipinski definition) is 1. The maximum absolute atomic E-state index is 13.8. The van der Waals surface area contributed by atoms with Gasteiger partial charge in [-0.2, -0.15) is 0 Å². The van der Waals surface area contributed by atoms with Crippen molar-refractivity contribution in [1.82, 2.24) is 0 Å². The van der Waals surface area contributed by atoms with Crippen molar-refractivity contribution in [2.45, 2.75) is 4.90 Å². The first-order valence-electron chi connectivity index (χ1n) is 6.97. The van der Waals surface area contributed by atoms with E-state index in [9.17, 15) is 9.18 Å². The first-order chi connectivity index (χ1) is 11.2. The van der Waals surface area contributed by atoms with E-state index in [1.807, 2.05) is 24.5 Å². The van der Waals surface area contributed by atoms with Crippen LogP contribution in [0.25, 0.3) is 11.3 Å². The Morgan fingerprint density at radius 1 is 1.09 bits per heavy atom. The first kappa shape index (κ1) is 15.4. The van der Waals surface area contributed by atoms with E-state index in [0.717, 1.165) is 4.90 Å². The smallest absolute Gasteiger partial charge is 0.291 e. The number of hydrogen-bond acceptors (Lipinski definition) is 3. The number of amides is 1. The van der Waals surface area contributed by atoms with E-state index >= 15 is 0 Å². The molecule has 0 saturated heterocycles. The van der Waals surface area contributed by atoms with Crippen LogP contribution < -0.4 is 5.32 Å². The van der Waals surface area contributed by atoms with Crippen molar-refractivity contribution in [3.63, 3.8) is 0 Å². The van der Waals surface area contributed by atoms with Gasteiger partial charge in [0, 0.05) is 10.6 Å². The number of carbonyl (C=O) groups excluding carboxylic acids is 1. The van der Waals surface area contributed by atoms with Gasteiger partial charge in [-0.25, -0.2) is 4.39 Å². The fourth-order valence-corrected chi connectivity index (χ4v) is 2.62. The van der Waals surface area contributed by atoms with Crippen LogP contribution in [0.2, 0.25) is 0 Å². The van der Waals surface area contributed by atoms with Crippen molar-refractivity contribution < 1.29 is 13.6 Å². The second-order valence-electron chi connectivity index (χ2n) is 4.83. The minimum atomic E-state index is -0.388. The standard InChI is InChI=1S/C18H14FNO2S/c1-23-13-6-4-5-12(11-13)20-18(21)17-10-9-16(22-17)14-7-2-3-8-15(14)19/h2-11H,1H3,(H,20,21). The van der Waals surface area contributed by atoms with Crippen molar-refractivity contribution in [3.8, 4) is 11.3 Å². The van der Waals surface area contributed by atoms with Gasteiger partial charge in [0.25, 0.3) is 5.91 Å². The van der Waals surface area contributed by atoms with Crippen molar-refractivity contribution in [2.24, 2.45) is 0 Å². The molecule has 0 radical (unpaired) electrons. The average Bonchev–Trinajstić information content (AvgIpc) is 3.05. The summed E-state index contributed by atoms with van der Waals surface area (Å²) < 4.78 is 19.2. The summed E-state index contributed by atoms with van der Waals surface area (Å²) in [5.74, 6) is -0.295. The normalized spacial score (nSPS) is 10.5. The molecule has 0 fully saturated rings. The van der Waals surface area contributed by atoms with Gasteiger partial charge in [0.1, 0.15) is 11.6 Å². The van der Waals surface area contributed by atoms with Crippen LogP contribution in [0.4, 0.5) is 10.1 Å². The number of benzene rings is 2. The topological polar surface area (TPSA) is 42.2 Å². The summed E-state index contributed by atoms with van der Waals surface area (Å²) in [5.41, 5.74) is 1.02. The summed E-state index contributed by atoms with van der Waals surface area (Å²) in [6, 6.07) is 16.9. The molecule has 2 aromatic carbocycles. The molecule has 0 atom stereocenters. The molecule has 5 heteroatoms. The molecule has 0 aliphatic carbocycles. The molecule has 0 aliphatic rings. The van der Waals surface area contributed by atoms with Gasteiger partial charge < -0.3 is 9.73 Å². The summed E-state index contributed by atoms with van der Waals surface area (Å²) in [4.78, 5) is 13.3. The van der Waals surface area contributed by atoms with E-state index < -0.39 is 0 Å². The third-order valence-corrected chi connectivity index (χ3v) is 4.02. The Morgan fingerprint density at radius 2 is 1.91 bits per heavy atom. The fraction of sp³-hybridized carbons (Fsp3) is 0.0556. The number of rotatable bonds is 4. The zero-order chi connectivity index (χ0) is 16.2. The van der Waals surface area contributed by atoms with E-state index in [0.29, 0.717) is 17.0 Å². The highest BCUT2D eigenvalue weighted by Crippen LogP contribution is 2.25. The lowest BCUT2D eigenvalue weighted by Gasteiger charge is -2.05. The zero-order valence-corrected chi connectivity index (χ0v) is 13.2. The quantitative estimate of drug-likeness (QED) is 0.681. The predicted molar refractivity (Wildman–Crippen MR) is 90.3 cm³/mol. The van der Waals surface area contributed by atoms with E-state index in [1.165, 1.54) is 12.1 Å². The molecular formula is C18H14FNO2S. The Balaban J connectivity index is 1.80. The lowest BCUT2D eigenvalue weighted by atomic mass is 10.1. The highest BCUT2D eigenvalue weighted by atomic mass is 32.2. The van der Waals surface area contributed by atoms with Crippen LogP contribution in [0.15, 0.2) is 70.0 Å². The van der Waals surface area contributed by atoms with Crippen LogP contribution in [0.5, 0.6) is 0 Å². The van der Waals surface area contributed by atoms with Crippen molar-refractivity contribution in [1.29, 1.82) is 0 Å². The average molecular weight is 327 g/mol. The van der Waals surface area contributed by atoms with Crippen LogP contribution in [-0.4, -0.2) is 12.2 Å². The molecule has 3 aromatic rings. The molecule has 23 heavy (non-hydrogen) atoms. The van der Waals surface area contributed by atoms with E-state index in [4.69, 9.17) is 4.42 Å². The molecule has 0 aliphatic heterocycles. The number of furan rings is 1. The maximum atomic E-state index is 13.8. The largest absolute Gasteiger partial charge is 0.451 e. The van der Waals surface area contributed by atoms with E-state index in [1.54, 1.807) is 42.1 Å². The van der Waals surface area contributed by atoms with Gasteiger partial charge in [-0.05, 0) is 48.7 Å². The number of thioether (sulfide) groups is 1. The summed E-state index contributed by atoms with van der Waals surface area (Å²) in [5, 5.41) is 2.77. The zero-order valence-electron chi connectivity index (χ0n) is 12.4. The van der Waals surface area contributed by atoms with Crippen LogP contribution in [-0.2, 0) is 0 Å². The van der Waals surface area contributed by atoms with Crippen LogP contribution in [0.1, 0.15) is 10.6 Å². The highest BCUT2D eigenvalue weighted by Gasteiger charge is 2.14. The molecule has 0 unspecified atom stereocenters. The number of nitrogens with one attached hydrogen (secondary N) is 1. The van der Waals surface area contributed by atoms with Gasteiger partial charge in [0.05, 0.1) is 5.56 Å². The Kier molecular flexibility index (Phi) is 4.48. The molecular weight excluding hydrogens is 313 g/mol. The minimum Gasteiger partial charge on any atom is -0.451 e. The third kappa shape index (κ3) is 3.46. The molecule has 1 N–H and O–H groups in total. The van der Waals surface area contributed by atoms with Crippen molar-refractivity contribution >= 4 is 23.4 Å². The molecule has 3 nitrogen and oxygen atoms in total. The van der Waals surface area contributed by atoms with Gasteiger partial charge >= 0.3 is 0 Å². The molecule has 0 bridgehead atoms. The van der Waals surface area contributed by atoms with Gasteiger partial charge in [-0.15, -0.1) is 11.8 Å². The Morgan fingerprint density at radius 3 is 2.70 bits per heavy atom. The summed E-state index contributed by atoms with van der Waals surface area (Å²) in [6.07, 6.45) is 1.97. The van der Waals surface area contributed by atoms with E-state index in [-0.39, 0.29) is 17.5 Å². The predicted octanol–water partition coefficient (Wildman–Crippen LogP) is 5.06. The monoisotopic (exact) mass is 327 g/mol. The van der Waals surface area contributed by atoms with Crippen molar-refractivity contribution in [3.05, 3.63) is 72.2 Å². The Bertz CT molecular complexity index is 844. The first-order valence-corrected chi connectivity index (χ1v) is 8.20. The second kappa shape index (κ2) is 6.71. The van der Waals surface area contributed by atoms with Gasteiger partial charge in [0.15, 0.2) is 5.76 Å². The summed E-state index contributed by atoms with van der Waals surface area (Å²) in [6.45, 7) is 0. The van der Waals surface area contributed by atoms with Gasteiger partial charge in [-0.3, -0.25) is 4.79 Å². The Labute approximate surface area is 137 Å². The van der Waals surface area contributed by atoms with E-state index in [2.05, 4.69) is 5.32 Å². The molecule has 1 aromatic heterocycles. The summed E-state index contributed by atoms with van der Waals surface area (Å²) in [7, 11) is 0. The molecule has 116 valence electrons. The maximum Gasteiger partial charge on any atom is 0.291 e. The molecule has 0 spiro atoms. The SMILES string of the molecule is CSc1cccc(NC(=O)c2ccc(-c3ccccc3F)o2)c1. The van der Waals surface area contributed by atoms with Crippen LogP contribution in [0.3, 0.4) is 0 Å². The number of carbonyl (C=O) groups is 1. The van der Waals surface area contributed by atoms with Gasteiger partial charge in [-0.1, -0.05) is 18.2 Å². The molecule has 0 saturated carbocycles. The minimum absolute atomic E-state index is 0.137. The third-order valence-electron chi connectivity index (χ3n) is 3.30. The summed E-state index contributed by atoms with van der Waals surface area (Å²) >= 11 is 1.59. The second-order valence-corrected chi connectivity index (χ2v) is 5.71. The number of halogens is 1. The van der Waals surface area contributed by atoms with Gasteiger partial charge in [0.2, 0.25) is 0 Å². The lowest BCUT2D eigenvalue weighted by Crippen LogP contribution is -2.10. The van der Waals surface area contributed by atoms with Crippen LogP contribution in [0, 0.1) is 5.82 Å². The molecule has 3 rings (SSSR count). The number of anilines is 1. The molecule has 1 heterocycles. The Hall–Kier alpha value is -2.53. The highest BCUT2D eigenvalue weighted by molar-refractivity contribution is 7.98.